The first-order valence-electron chi connectivity index (χ1n) is 3.83. The molecule has 0 saturated carbocycles. The molecule has 1 aromatic rings. The van der Waals surface area contributed by atoms with Crippen LogP contribution in [0.5, 0.6) is 0 Å². The van der Waals surface area contributed by atoms with Crippen LogP contribution in [-0.4, -0.2) is 11.1 Å². The SMILES string of the molecule is Br.O=C(O)c1ccc2c(c1)CNC2. The van der Waals surface area contributed by atoms with E-state index in [1.165, 1.54) is 5.56 Å². The van der Waals surface area contributed by atoms with E-state index in [1.807, 2.05) is 6.07 Å². The molecule has 1 aliphatic heterocycles. The molecule has 13 heavy (non-hydrogen) atoms. The van der Waals surface area contributed by atoms with Crippen molar-refractivity contribution in [1.29, 1.82) is 0 Å². The highest BCUT2D eigenvalue weighted by atomic mass is 79.9. The number of hydrogen-bond donors (Lipinski definition) is 2. The first-order valence-corrected chi connectivity index (χ1v) is 3.83. The Hall–Kier alpha value is -0.870. The van der Waals surface area contributed by atoms with Crippen LogP contribution in [0.4, 0.5) is 0 Å². The van der Waals surface area contributed by atoms with Gasteiger partial charge in [0.2, 0.25) is 0 Å². The quantitative estimate of drug-likeness (QED) is 0.788. The molecular weight excluding hydrogens is 234 g/mol. The number of benzene rings is 1. The topological polar surface area (TPSA) is 49.3 Å². The third-order valence-corrected chi connectivity index (χ3v) is 2.08. The van der Waals surface area contributed by atoms with Crippen LogP contribution >= 0.6 is 17.0 Å². The summed E-state index contributed by atoms with van der Waals surface area (Å²) in [4.78, 5) is 10.6. The average Bonchev–Trinajstić information content (AvgIpc) is 2.49. The second-order valence-electron chi connectivity index (χ2n) is 2.89. The molecule has 1 aliphatic rings. The fraction of sp³-hybridized carbons (Fsp3) is 0.222. The van der Waals surface area contributed by atoms with E-state index >= 15 is 0 Å². The van der Waals surface area contributed by atoms with E-state index in [-0.39, 0.29) is 17.0 Å². The number of hydrogen-bond acceptors (Lipinski definition) is 2. The molecule has 3 nitrogen and oxygen atoms in total. The molecule has 0 aliphatic carbocycles. The maximum absolute atomic E-state index is 10.6. The lowest BCUT2D eigenvalue weighted by atomic mass is 10.1. The predicted octanol–water partition coefficient (Wildman–Crippen LogP) is 1.57. The highest BCUT2D eigenvalue weighted by molar-refractivity contribution is 8.93. The molecule has 0 saturated heterocycles. The van der Waals surface area contributed by atoms with Crippen LogP contribution in [0, 0.1) is 0 Å². The molecular formula is C9H10BrNO2. The van der Waals surface area contributed by atoms with Crippen LogP contribution < -0.4 is 5.32 Å². The van der Waals surface area contributed by atoms with E-state index in [0.717, 1.165) is 18.7 Å². The molecule has 1 heterocycles. The normalized spacial score (nSPS) is 13.2. The molecule has 0 amide bonds. The standard InChI is InChI=1S/C9H9NO2.BrH/c11-9(12)6-1-2-7-4-10-5-8(7)3-6;/h1-3,10H,4-5H2,(H,11,12);1H. The lowest BCUT2D eigenvalue weighted by Gasteiger charge is -1.98. The van der Waals surface area contributed by atoms with Crippen LogP contribution in [0.3, 0.4) is 0 Å². The van der Waals surface area contributed by atoms with Gasteiger partial charge in [0.25, 0.3) is 0 Å². The average molecular weight is 244 g/mol. The van der Waals surface area contributed by atoms with Crippen molar-refractivity contribution in [1.82, 2.24) is 5.32 Å². The fourth-order valence-corrected chi connectivity index (χ4v) is 1.43. The van der Waals surface area contributed by atoms with Crippen LogP contribution in [-0.2, 0) is 13.1 Å². The number of halogens is 1. The maximum Gasteiger partial charge on any atom is 0.335 e. The van der Waals surface area contributed by atoms with Crippen molar-refractivity contribution in [3.8, 4) is 0 Å². The lowest BCUT2D eigenvalue weighted by Crippen LogP contribution is -2.00. The van der Waals surface area contributed by atoms with Crippen molar-refractivity contribution in [3.63, 3.8) is 0 Å². The lowest BCUT2D eigenvalue weighted by molar-refractivity contribution is 0.0697. The van der Waals surface area contributed by atoms with Gasteiger partial charge in [-0.1, -0.05) is 6.07 Å². The summed E-state index contributed by atoms with van der Waals surface area (Å²) in [6.45, 7) is 1.64. The van der Waals surface area contributed by atoms with Crippen molar-refractivity contribution < 1.29 is 9.90 Å². The van der Waals surface area contributed by atoms with E-state index in [0.29, 0.717) is 5.56 Å². The minimum absolute atomic E-state index is 0. The van der Waals surface area contributed by atoms with Crippen LogP contribution in [0.1, 0.15) is 21.5 Å². The Bertz CT molecular complexity index is 338. The third kappa shape index (κ3) is 1.89. The molecule has 0 spiro atoms. The van der Waals surface area contributed by atoms with E-state index in [9.17, 15) is 4.79 Å². The Balaban J connectivity index is 0.000000845. The first-order chi connectivity index (χ1) is 5.77. The van der Waals surface area contributed by atoms with Gasteiger partial charge in [-0.25, -0.2) is 4.79 Å². The largest absolute Gasteiger partial charge is 0.478 e. The van der Waals surface area contributed by atoms with Crippen molar-refractivity contribution in [2.24, 2.45) is 0 Å². The number of carboxylic acid groups (broad SMARTS) is 1. The zero-order valence-corrected chi connectivity index (χ0v) is 8.62. The summed E-state index contributed by atoms with van der Waals surface area (Å²) < 4.78 is 0. The van der Waals surface area contributed by atoms with E-state index in [1.54, 1.807) is 12.1 Å². The maximum atomic E-state index is 10.6. The van der Waals surface area contributed by atoms with E-state index < -0.39 is 5.97 Å². The minimum Gasteiger partial charge on any atom is -0.478 e. The molecule has 0 radical (unpaired) electrons. The minimum atomic E-state index is -0.857. The summed E-state index contributed by atoms with van der Waals surface area (Å²) in [6, 6.07) is 5.25. The Morgan fingerprint density at radius 3 is 2.69 bits per heavy atom. The summed E-state index contributed by atoms with van der Waals surface area (Å²) in [5.74, 6) is -0.857. The molecule has 0 atom stereocenters. The van der Waals surface area contributed by atoms with Crippen molar-refractivity contribution >= 4 is 23.0 Å². The Morgan fingerprint density at radius 1 is 1.31 bits per heavy atom. The second kappa shape index (κ2) is 3.89. The van der Waals surface area contributed by atoms with Gasteiger partial charge in [-0.05, 0) is 23.3 Å². The summed E-state index contributed by atoms with van der Waals surface area (Å²) in [5.41, 5.74) is 2.69. The van der Waals surface area contributed by atoms with Crippen molar-refractivity contribution in [2.75, 3.05) is 0 Å². The number of carboxylic acids is 1. The summed E-state index contributed by atoms with van der Waals surface area (Å²) >= 11 is 0. The molecule has 0 bridgehead atoms. The van der Waals surface area contributed by atoms with Gasteiger partial charge in [-0.15, -0.1) is 17.0 Å². The van der Waals surface area contributed by atoms with Gasteiger partial charge in [0.15, 0.2) is 0 Å². The molecule has 0 aromatic heterocycles. The smallest absolute Gasteiger partial charge is 0.335 e. The van der Waals surface area contributed by atoms with Gasteiger partial charge < -0.3 is 10.4 Å². The molecule has 0 unspecified atom stereocenters. The molecule has 0 fully saturated rings. The Kier molecular flexibility index (Phi) is 3.06. The Morgan fingerprint density at radius 2 is 2.00 bits per heavy atom. The van der Waals surface area contributed by atoms with E-state index in [2.05, 4.69) is 5.32 Å². The first kappa shape index (κ1) is 10.2. The van der Waals surface area contributed by atoms with Crippen molar-refractivity contribution in [2.45, 2.75) is 13.1 Å². The third-order valence-electron chi connectivity index (χ3n) is 2.08. The van der Waals surface area contributed by atoms with Gasteiger partial charge in [-0.3, -0.25) is 0 Å². The van der Waals surface area contributed by atoms with Gasteiger partial charge in [0.1, 0.15) is 0 Å². The van der Waals surface area contributed by atoms with Gasteiger partial charge in [-0.2, -0.15) is 0 Å². The van der Waals surface area contributed by atoms with Crippen LogP contribution in [0.2, 0.25) is 0 Å². The molecule has 70 valence electrons. The highest BCUT2D eigenvalue weighted by Crippen LogP contribution is 2.16. The number of aromatic carboxylic acids is 1. The van der Waals surface area contributed by atoms with E-state index in [4.69, 9.17) is 5.11 Å². The zero-order chi connectivity index (χ0) is 8.55. The summed E-state index contributed by atoms with van der Waals surface area (Å²) in [7, 11) is 0. The predicted molar refractivity (Wildman–Crippen MR) is 54.3 cm³/mol. The number of fused-ring (bicyclic) bond motifs is 1. The summed E-state index contributed by atoms with van der Waals surface area (Å²) in [5, 5.41) is 11.9. The van der Waals surface area contributed by atoms with Gasteiger partial charge in [0, 0.05) is 13.1 Å². The molecule has 2 N–H and O–H groups in total. The van der Waals surface area contributed by atoms with Crippen molar-refractivity contribution in [3.05, 3.63) is 34.9 Å². The van der Waals surface area contributed by atoms with Gasteiger partial charge >= 0.3 is 5.97 Å². The molecule has 2 rings (SSSR count). The Labute approximate surface area is 86.5 Å². The number of rotatable bonds is 1. The zero-order valence-electron chi connectivity index (χ0n) is 6.91. The molecule has 4 heteroatoms. The van der Waals surface area contributed by atoms with Crippen LogP contribution in [0.25, 0.3) is 0 Å². The van der Waals surface area contributed by atoms with Crippen LogP contribution in [0.15, 0.2) is 18.2 Å². The fourth-order valence-electron chi connectivity index (χ4n) is 1.43. The monoisotopic (exact) mass is 243 g/mol. The molecule has 1 aromatic carbocycles. The van der Waals surface area contributed by atoms with Gasteiger partial charge in [0.05, 0.1) is 5.56 Å². The highest BCUT2D eigenvalue weighted by Gasteiger charge is 2.11. The number of carbonyl (C=O) groups is 1. The summed E-state index contributed by atoms with van der Waals surface area (Å²) in [6.07, 6.45) is 0. The number of nitrogens with one attached hydrogen (secondary N) is 1. The second-order valence-corrected chi connectivity index (χ2v) is 2.89.